The molecule has 9 heteroatoms. The van der Waals surface area contributed by atoms with Crippen molar-refractivity contribution in [3.8, 4) is 5.75 Å². The first-order valence-corrected chi connectivity index (χ1v) is 14.5. The van der Waals surface area contributed by atoms with Crippen molar-refractivity contribution in [1.82, 2.24) is 9.66 Å². The lowest BCUT2D eigenvalue weighted by Gasteiger charge is -2.22. The third kappa shape index (κ3) is 6.47. The number of amides is 1. The van der Waals surface area contributed by atoms with Crippen molar-refractivity contribution in [2.75, 3.05) is 11.9 Å². The highest BCUT2D eigenvalue weighted by Crippen LogP contribution is 2.32. The normalized spacial score (nSPS) is 14.1. The molecule has 1 aliphatic carbocycles. The maximum Gasteiger partial charge on any atom is 0.282 e. The maximum atomic E-state index is 13.5. The Hall–Kier alpha value is -3.30. The van der Waals surface area contributed by atoms with E-state index in [1.165, 1.54) is 11.1 Å². The summed E-state index contributed by atoms with van der Waals surface area (Å²) in [5.74, 6) is 1.20. The number of nitrogens with zero attached hydrogens (tertiary/aromatic N) is 3. The molecule has 7 nitrogen and oxygen atoms in total. The first-order chi connectivity index (χ1) is 18.9. The quantitative estimate of drug-likeness (QED) is 0.215. The minimum absolute atomic E-state index is 0.126. The Kier molecular flexibility index (Phi) is 8.57. The van der Waals surface area contributed by atoms with Crippen LogP contribution in [0.2, 0.25) is 0 Å². The van der Waals surface area contributed by atoms with Crippen LogP contribution in [0.3, 0.4) is 0 Å². The van der Waals surface area contributed by atoms with Crippen molar-refractivity contribution in [2.24, 2.45) is 5.10 Å². The van der Waals surface area contributed by atoms with Gasteiger partial charge >= 0.3 is 0 Å². The largest absolute Gasteiger partial charge is 0.483 e. The van der Waals surface area contributed by atoms with E-state index in [0.717, 1.165) is 47.0 Å². The van der Waals surface area contributed by atoms with Crippen molar-refractivity contribution in [2.45, 2.75) is 44.9 Å². The molecule has 1 heterocycles. The Morgan fingerprint density at radius 3 is 2.67 bits per heavy atom. The number of ether oxygens (including phenoxy) is 1. The van der Waals surface area contributed by atoms with E-state index >= 15 is 0 Å². The molecule has 5 rings (SSSR count). The second-order valence-electron chi connectivity index (χ2n) is 9.67. The number of aryl methyl sites for hydroxylation is 1. The number of benzene rings is 3. The van der Waals surface area contributed by atoms with Gasteiger partial charge in [0.1, 0.15) is 11.6 Å². The molecule has 0 radical (unpaired) electrons. The fraction of sp³-hybridized carbons (Fsp3) is 0.267. The molecule has 0 atom stereocenters. The fourth-order valence-corrected chi connectivity index (χ4v) is 5.66. The second-order valence-corrected chi connectivity index (χ2v) is 11.4. The number of fused-ring (bicyclic) bond motifs is 1. The van der Waals surface area contributed by atoms with Gasteiger partial charge in [-0.25, -0.2) is 4.98 Å². The van der Waals surface area contributed by atoms with Gasteiger partial charge < -0.3 is 10.1 Å². The predicted octanol–water partition coefficient (Wildman–Crippen LogP) is 7.18. The summed E-state index contributed by atoms with van der Waals surface area (Å²) < 4.78 is 8.69. The highest BCUT2D eigenvalue weighted by molar-refractivity contribution is 9.10. The summed E-state index contributed by atoms with van der Waals surface area (Å²) in [4.78, 5) is 30.8. The number of nitrogens with one attached hydrogen (secondary N) is 1. The Morgan fingerprint density at radius 2 is 1.90 bits per heavy atom. The van der Waals surface area contributed by atoms with Crippen LogP contribution in [-0.2, 0) is 4.79 Å². The van der Waals surface area contributed by atoms with E-state index in [1.807, 2.05) is 55.5 Å². The lowest BCUT2D eigenvalue weighted by Crippen LogP contribution is -2.25. The standard InChI is InChI=1S/C30H28Br2N4O3/c1-19-7-5-6-10-25(19)34-28(37)18-39-27-14-11-20(15-24(27)32)17-33-36-29(21-8-3-2-4-9-21)35-26-13-12-22(31)16-23(26)30(36)38/h5-7,10-17,21H,2-4,8-9,18H2,1H3,(H,34,37). The van der Waals surface area contributed by atoms with Gasteiger partial charge in [0.25, 0.3) is 11.5 Å². The second kappa shape index (κ2) is 12.3. The van der Waals surface area contributed by atoms with Crippen LogP contribution in [0.5, 0.6) is 5.75 Å². The predicted molar refractivity (Wildman–Crippen MR) is 162 cm³/mol. The molecule has 1 amide bonds. The molecule has 3 aromatic carbocycles. The van der Waals surface area contributed by atoms with Crippen LogP contribution >= 0.6 is 31.9 Å². The minimum atomic E-state index is -0.244. The van der Waals surface area contributed by atoms with Crippen LogP contribution in [0, 0.1) is 6.92 Å². The van der Waals surface area contributed by atoms with Gasteiger partial charge in [-0.1, -0.05) is 53.4 Å². The van der Waals surface area contributed by atoms with Crippen LogP contribution in [-0.4, -0.2) is 28.4 Å². The maximum absolute atomic E-state index is 13.5. The Labute approximate surface area is 243 Å². The molecular formula is C30H28Br2N4O3. The van der Waals surface area contributed by atoms with Gasteiger partial charge in [-0.2, -0.15) is 9.78 Å². The Bertz CT molecular complexity index is 1610. The van der Waals surface area contributed by atoms with E-state index in [9.17, 15) is 9.59 Å². The van der Waals surface area contributed by atoms with Crippen molar-refractivity contribution in [3.63, 3.8) is 0 Å². The number of hydrogen-bond acceptors (Lipinski definition) is 5. The molecule has 0 unspecified atom stereocenters. The summed E-state index contributed by atoms with van der Waals surface area (Å²) in [5.41, 5.74) is 3.02. The minimum Gasteiger partial charge on any atom is -0.483 e. The van der Waals surface area contributed by atoms with Crippen molar-refractivity contribution >= 4 is 60.6 Å². The van der Waals surface area contributed by atoms with E-state index in [0.29, 0.717) is 26.9 Å². The molecule has 1 aromatic heterocycles. The van der Waals surface area contributed by atoms with Gasteiger partial charge in [-0.15, -0.1) is 0 Å². The molecule has 1 N–H and O–H groups in total. The molecule has 0 bridgehead atoms. The summed E-state index contributed by atoms with van der Waals surface area (Å²) in [6.45, 7) is 1.81. The average Bonchev–Trinajstić information content (AvgIpc) is 2.94. The van der Waals surface area contributed by atoms with Gasteiger partial charge in [0.15, 0.2) is 6.61 Å². The first kappa shape index (κ1) is 27.3. The average molecular weight is 652 g/mol. The van der Waals surface area contributed by atoms with Crippen LogP contribution < -0.4 is 15.6 Å². The van der Waals surface area contributed by atoms with E-state index in [1.54, 1.807) is 18.3 Å². The monoisotopic (exact) mass is 650 g/mol. The number of aromatic nitrogens is 2. The zero-order chi connectivity index (χ0) is 27.4. The van der Waals surface area contributed by atoms with E-state index in [4.69, 9.17) is 9.72 Å². The number of carbonyl (C=O) groups excluding carboxylic acids is 1. The number of para-hydroxylation sites is 1. The number of carbonyl (C=O) groups is 1. The molecule has 1 saturated carbocycles. The first-order valence-electron chi connectivity index (χ1n) is 12.9. The van der Waals surface area contributed by atoms with E-state index in [2.05, 4.69) is 42.3 Å². The van der Waals surface area contributed by atoms with E-state index < -0.39 is 0 Å². The number of rotatable bonds is 7. The third-order valence-corrected chi connectivity index (χ3v) is 7.97. The Morgan fingerprint density at radius 1 is 1.10 bits per heavy atom. The molecule has 0 aliphatic heterocycles. The molecule has 200 valence electrons. The molecule has 4 aromatic rings. The van der Waals surface area contributed by atoms with Gasteiger partial charge in [0.2, 0.25) is 0 Å². The fourth-order valence-electron chi connectivity index (χ4n) is 4.78. The molecule has 1 aliphatic rings. The summed E-state index contributed by atoms with van der Waals surface area (Å²) >= 11 is 6.99. The number of hydrogen-bond donors (Lipinski definition) is 1. The molecule has 0 saturated heterocycles. The lowest BCUT2D eigenvalue weighted by molar-refractivity contribution is -0.118. The SMILES string of the molecule is Cc1ccccc1NC(=O)COc1ccc(C=Nn2c(C3CCCCC3)nc3ccc(Br)cc3c2=O)cc1Br. The van der Waals surface area contributed by atoms with Gasteiger partial charge in [0, 0.05) is 16.1 Å². The molecule has 39 heavy (non-hydrogen) atoms. The van der Waals surface area contributed by atoms with Crippen molar-refractivity contribution in [3.05, 3.63) is 96.9 Å². The van der Waals surface area contributed by atoms with Crippen LogP contribution in [0.1, 0.15) is 55.0 Å². The Balaban J connectivity index is 1.36. The summed E-state index contributed by atoms with van der Waals surface area (Å²) in [7, 11) is 0. The van der Waals surface area contributed by atoms with Gasteiger partial charge in [-0.3, -0.25) is 9.59 Å². The van der Waals surface area contributed by atoms with Crippen molar-refractivity contribution in [1.29, 1.82) is 0 Å². The van der Waals surface area contributed by atoms with Crippen LogP contribution in [0.15, 0.2) is 79.5 Å². The number of anilines is 1. The summed E-state index contributed by atoms with van der Waals surface area (Å²) in [6, 6.07) is 18.6. The summed E-state index contributed by atoms with van der Waals surface area (Å²) in [6.07, 6.45) is 7.11. The zero-order valence-electron chi connectivity index (χ0n) is 21.5. The van der Waals surface area contributed by atoms with Crippen LogP contribution in [0.4, 0.5) is 5.69 Å². The van der Waals surface area contributed by atoms with E-state index in [-0.39, 0.29) is 24.0 Å². The van der Waals surface area contributed by atoms with Gasteiger partial charge in [0.05, 0.1) is 21.6 Å². The smallest absolute Gasteiger partial charge is 0.282 e. The molecule has 1 fully saturated rings. The highest BCUT2D eigenvalue weighted by atomic mass is 79.9. The van der Waals surface area contributed by atoms with Crippen molar-refractivity contribution < 1.29 is 9.53 Å². The van der Waals surface area contributed by atoms with Gasteiger partial charge in [-0.05, 0) is 89.3 Å². The summed E-state index contributed by atoms with van der Waals surface area (Å²) in [5, 5.41) is 7.99. The van der Waals surface area contributed by atoms with Crippen LogP contribution in [0.25, 0.3) is 10.9 Å². The highest BCUT2D eigenvalue weighted by Gasteiger charge is 2.22. The lowest BCUT2D eigenvalue weighted by atomic mass is 9.88. The molecular weight excluding hydrogens is 624 g/mol. The topological polar surface area (TPSA) is 85.6 Å². The number of halogens is 2. The molecule has 0 spiro atoms. The third-order valence-electron chi connectivity index (χ3n) is 6.86. The zero-order valence-corrected chi connectivity index (χ0v) is 24.7.